The molecule has 158 valence electrons. The van der Waals surface area contributed by atoms with E-state index in [1.165, 1.54) is 10.8 Å². The highest BCUT2D eigenvalue weighted by molar-refractivity contribution is 6.09. The van der Waals surface area contributed by atoms with Crippen LogP contribution >= 0.6 is 0 Å². The number of hydrogen-bond donors (Lipinski definition) is 0. The van der Waals surface area contributed by atoms with Crippen molar-refractivity contribution in [3.63, 3.8) is 0 Å². The monoisotopic (exact) mass is 434 g/mol. The Labute approximate surface area is 195 Å². The molecule has 3 heteroatoms. The highest BCUT2D eigenvalue weighted by Gasteiger charge is 2.14. The van der Waals surface area contributed by atoms with Gasteiger partial charge in [0.15, 0.2) is 5.69 Å². The van der Waals surface area contributed by atoms with Gasteiger partial charge in [-0.05, 0) is 59.7 Å². The SMILES string of the molecule is [C-]#[N+]c1cc(-c2ccc3oc4ccccc4c3c2)cc(-n2c3ccccc3c3ccccc32)c1. The predicted octanol–water partition coefficient (Wildman–Crippen LogP) is 8.90. The molecule has 0 N–H and O–H groups in total. The lowest BCUT2D eigenvalue weighted by atomic mass is 10.0. The van der Waals surface area contributed by atoms with Crippen LogP contribution < -0.4 is 0 Å². The molecule has 0 atom stereocenters. The second kappa shape index (κ2) is 7.10. The van der Waals surface area contributed by atoms with E-state index in [1.54, 1.807) is 0 Å². The van der Waals surface area contributed by atoms with Gasteiger partial charge in [0.1, 0.15) is 11.2 Å². The maximum absolute atomic E-state index is 7.77. The van der Waals surface area contributed by atoms with Crippen molar-refractivity contribution in [1.29, 1.82) is 0 Å². The van der Waals surface area contributed by atoms with E-state index in [2.05, 4.69) is 82.2 Å². The molecule has 7 rings (SSSR count). The lowest BCUT2D eigenvalue weighted by molar-refractivity contribution is 0.669. The van der Waals surface area contributed by atoms with Crippen molar-refractivity contribution < 1.29 is 4.42 Å². The molecule has 3 nitrogen and oxygen atoms in total. The van der Waals surface area contributed by atoms with E-state index in [4.69, 9.17) is 11.0 Å². The lowest BCUT2D eigenvalue weighted by Crippen LogP contribution is -1.94. The van der Waals surface area contributed by atoms with Crippen LogP contribution in [-0.2, 0) is 0 Å². The van der Waals surface area contributed by atoms with Gasteiger partial charge in [0.25, 0.3) is 0 Å². The Morgan fingerprint density at radius 1 is 0.559 bits per heavy atom. The van der Waals surface area contributed by atoms with Gasteiger partial charge in [-0.25, -0.2) is 4.85 Å². The summed E-state index contributed by atoms with van der Waals surface area (Å²) in [5, 5.41) is 4.60. The number of rotatable bonds is 2. The van der Waals surface area contributed by atoms with E-state index < -0.39 is 0 Å². The van der Waals surface area contributed by atoms with Crippen molar-refractivity contribution in [1.82, 2.24) is 4.57 Å². The van der Waals surface area contributed by atoms with Crippen molar-refractivity contribution in [3.8, 4) is 16.8 Å². The lowest BCUT2D eigenvalue weighted by Gasteiger charge is -2.12. The molecule has 0 amide bonds. The number of fused-ring (bicyclic) bond motifs is 6. The van der Waals surface area contributed by atoms with Crippen LogP contribution in [0.2, 0.25) is 0 Å². The van der Waals surface area contributed by atoms with E-state index in [0.717, 1.165) is 49.8 Å². The second-order valence-corrected chi connectivity index (χ2v) is 8.53. The van der Waals surface area contributed by atoms with Gasteiger partial charge in [-0.15, -0.1) is 0 Å². The zero-order valence-corrected chi connectivity index (χ0v) is 18.2. The highest BCUT2D eigenvalue weighted by atomic mass is 16.3. The summed E-state index contributed by atoms with van der Waals surface area (Å²) >= 11 is 0. The molecule has 0 aliphatic heterocycles. The largest absolute Gasteiger partial charge is 0.456 e. The predicted molar refractivity (Wildman–Crippen MR) is 140 cm³/mol. The zero-order chi connectivity index (χ0) is 22.6. The summed E-state index contributed by atoms with van der Waals surface area (Å²) in [5.74, 6) is 0. The molecule has 0 bridgehead atoms. The van der Waals surface area contributed by atoms with Crippen LogP contribution in [0.15, 0.2) is 114 Å². The van der Waals surface area contributed by atoms with E-state index in [9.17, 15) is 0 Å². The molecule has 0 saturated carbocycles. The molecule has 0 saturated heterocycles. The fraction of sp³-hybridized carbons (Fsp3) is 0. The first-order valence-electron chi connectivity index (χ1n) is 11.2. The van der Waals surface area contributed by atoms with Gasteiger partial charge in [-0.1, -0.05) is 60.7 Å². The van der Waals surface area contributed by atoms with Crippen LogP contribution in [0.5, 0.6) is 0 Å². The fourth-order valence-electron chi connectivity index (χ4n) is 5.06. The van der Waals surface area contributed by atoms with Gasteiger partial charge in [0.05, 0.1) is 17.6 Å². The molecule has 5 aromatic carbocycles. The first-order valence-corrected chi connectivity index (χ1v) is 11.2. The van der Waals surface area contributed by atoms with Gasteiger partial charge in [-0.3, -0.25) is 0 Å². The number of furan rings is 1. The van der Waals surface area contributed by atoms with E-state index in [1.807, 2.05) is 36.4 Å². The molecule has 0 unspecified atom stereocenters. The topological polar surface area (TPSA) is 22.4 Å². The number of para-hydroxylation sites is 3. The molecule has 0 fully saturated rings. The summed E-state index contributed by atoms with van der Waals surface area (Å²) in [5.41, 5.74) is 7.69. The van der Waals surface area contributed by atoms with Gasteiger partial charge in [0, 0.05) is 27.2 Å². The Balaban J connectivity index is 1.50. The van der Waals surface area contributed by atoms with Gasteiger partial charge in [0.2, 0.25) is 0 Å². The average molecular weight is 434 g/mol. The first kappa shape index (κ1) is 18.7. The molecule has 0 radical (unpaired) electrons. The third-order valence-electron chi connectivity index (χ3n) is 6.58. The standard InChI is InChI=1S/C31H18N2O/c1-32-22-16-21(20-14-15-31-27(18-20)26-10-4-7-13-30(26)34-31)17-23(19-22)33-28-11-5-2-8-24(28)25-9-3-6-12-29(25)33/h2-19H. The molecule has 2 heterocycles. The Hall–Kier alpha value is -4.81. The van der Waals surface area contributed by atoms with Crippen molar-refractivity contribution in [3.05, 3.63) is 121 Å². The van der Waals surface area contributed by atoms with Crippen LogP contribution in [0.25, 0.3) is 65.4 Å². The van der Waals surface area contributed by atoms with Crippen molar-refractivity contribution in [2.75, 3.05) is 0 Å². The number of aromatic nitrogens is 1. The van der Waals surface area contributed by atoms with Gasteiger partial charge in [-0.2, -0.15) is 0 Å². The Bertz CT molecular complexity index is 1880. The third-order valence-corrected chi connectivity index (χ3v) is 6.58. The zero-order valence-electron chi connectivity index (χ0n) is 18.2. The molecular weight excluding hydrogens is 416 g/mol. The van der Waals surface area contributed by atoms with Crippen LogP contribution in [0.1, 0.15) is 0 Å². The summed E-state index contributed by atoms with van der Waals surface area (Å²) in [6.07, 6.45) is 0. The van der Waals surface area contributed by atoms with Crippen LogP contribution in [-0.4, -0.2) is 4.57 Å². The van der Waals surface area contributed by atoms with Crippen molar-refractivity contribution in [2.24, 2.45) is 0 Å². The molecular formula is C31H18N2O. The summed E-state index contributed by atoms with van der Waals surface area (Å²) in [7, 11) is 0. The van der Waals surface area contributed by atoms with Gasteiger partial charge < -0.3 is 8.98 Å². The van der Waals surface area contributed by atoms with Crippen molar-refractivity contribution >= 4 is 49.4 Å². The van der Waals surface area contributed by atoms with Crippen LogP contribution in [0, 0.1) is 6.57 Å². The van der Waals surface area contributed by atoms with E-state index in [-0.39, 0.29) is 0 Å². The Morgan fingerprint density at radius 3 is 1.94 bits per heavy atom. The quantitative estimate of drug-likeness (QED) is 0.249. The minimum Gasteiger partial charge on any atom is -0.456 e. The molecule has 0 spiro atoms. The van der Waals surface area contributed by atoms with Crippen LogP contribution in [0.3, 0.4) is 0 Å². The Kier molecular flexibility index (Phi) is 3.91. The number of nitrogens with zero attached hydrogens (tertiary/aromatic N) is 2. The molecule has 7 aromatic rings. The minimum atomic E-state index is 0.617. The normalized spacial score (nSPS) is 11.5. The second-order valence-electron chi connectivity index (χ2n) is 8.53. The average Bonchev–Trinajstić information content (AvgIpc) is 3.44. The third kappa shape index (κ3) is 2.69. The number of benzene rings is 5. The van der Waals surface area contributed by atoms with Gasteiger partial charge >= 0.3 is 0 Å². The fourth-order valence-corrected chi connectivity index (χ4v) is 5.06. The summed E-state index contributed by atoms with van der Waals surface area (Å²) < 4.78 is 8.27. The maximum Gasteiger partial charge on any atom is 0.189 e. The smallest absolute Gasteiger partial charge is 0.189 e. The summed E-state index contributed by atoms with van der Waals surface area (Å²) in [6.45, 7) is 7.77. The molecule has 0 aliphatic rings. The summed E-state index contributed by atoms with van der Waals surface area (Å²) in [4.78, 5) is 3.81. The van der Waals surface area contributed by atoms with Crippen molar-refractivity contribution in [2.45, 2.75) is 0 Å². The van der Waals surface area contributed by atoms with E-state index in [0.29, 0.717) is 5.69 Å². The van der Waals surface area contributed by atoms with Crippen LogP contribution in [0.4, 0.5) is 5.69 Å². The highest BCUT2D eigenvalue weighted by Crippen LogP contribution is 2.37. The molecule has 2 aromatic heterocycles. The Morgan fingerprint density at radius 2 is 1.21 bits per heavy atom. The maximum atomic E-state index is 7.77. The summed E-state index contributed by atoms with van der Waals surface area (Å²) in [6, 6.07) is 37.4. The van der Waals surface area contributed by atoms with E-state index >= 15 is 0 Å². The first-order chi connectivity index (χ1) is 16.8. The molecule has 0 aliphatic carbocycles. The minimum absolute atomic E-state index is 0.617. The number of hydrogen-bond acceptors (Lipinski definition) is 1. The molecule has 34 heavy (non-hydrogen) atoms.